The molecule has 2 N–H and O–H groups in total. The Morgan fingerprint density at radius 2 is 1.54 bits per heavy atom. The van der Waals surface area contributed by atoms with Crippen molar-refractivity contribution >= 4 is 34.7 Å². The Morgan fingerprint density at radius 1 is 0.886 bits per heavy atom. The predicted molar refractivity (Wildman–Crippen MR) is 130 cm³/mol. The smallest absolute Gasteiger partial charge is 0.300 e. The Kier molecular flexibility index (Phi) is 6.57. The lowest BCUT2D eigenvalue weighted by molar-refractivity contribution is -0.132. The van der Waals surface area contributed by atoms with E-state index in [1.807, 2.05) is 0 Å². The topological polar surface area (TPSA) is 106 Å². The summed E-state index contributed by atoms with van der Waals surface area (Å²) >= 11 is 6.16. The number of benzene rings is 3. The molecule has 0 saturated carbocycles. The molecule has 1 unspecified atom stereocenters. The van der Waals surface area contributed by atoms with Crippen LogP contribution in [0, 0.1) is 0 Å². The van der Waals surface area contributed by atoms with Crippen molar-refractivity contribution in [1.82, 2.24) is 0 Å². The Bertz CT molecular complexity index is 1330. The first-order chi connectivity index (χ1) is 16.8. The van der Waals surface area contributed by atoms with E-state index in [1.165, 1.54) is 50.5 Å². The highest BCUT2D eigenvalue weighted by molar-refractivity contribution is 6.51. The molecule has 1 amide bonds. The van der Waals surface area contributed by atoms with Gasteiger partial charge in [-0.25, -0.2) is 0 Å². The number of Topliss-reactive ketones (excluding diaryl/α,β-unsaturated/α-hetero) is 1. The number of phenolic OH excluding ortho intramolecular Hbond substituents is 1. The second-order valence-electron chi connectivity index (χ2n) is 7.64. The zero-order chi connectivity index (χ0) is 25.3. The summed E-state index contributed by atoms with van der Waals surface area (Å²) < 4.78 is 15.8. The molecule has 1 fully saturated rings. The van der Waals surface area contributed by atoms with Gasteiger partial charge in [0.05, 0.1) is 43.5 Å². The fourth-order valence-electron chi connectivity index (χ4n) is 3.99. The average Bonchev–Trinajstić information content (AvgIpc) is 3.15. The summed E-state index contributed by atoms with van der Waals surface area (Å²) in [5, 5.41) is 21.3. The van der Waals surface area contributed by atoms with Crippen LogP contribution < -0.4 is 19.1 Å². The van der Waals surface area contributed by atoms with Crippen LogP contribution in [0.2, 0.25) is 5.02 Å². The average molecular weight is 496 g/mol. The van der Waals surface area contributed by atoms with Crippen LogP contribution in [0.5, 0.6) is 23.0 Å². The first-order valence-electron chi connectivity index (χ1n) is 10.5. The van der Waals surface area contributed by atoms with Gasteiger partial charge in [-0.2, -0.15) is 0 Å². The lowest BCUT2D eigenvalue weighted by atomic mass is 9.94. The fourth-order valence-corrected chi connectivity index (χ4v) is 4.18. The molecule has 3 aromatic rings. The van der Waals surface area contributed by atoms with Crippen LogP contribution in [0.1, 0.15) is 17.2 Å². The minimum absolute atomic E-state index is 0.0323. The van der Waals surface area contributed by atoms with E-state index in [0.717, 1.165) is 0 Å². The normalized spacial score (nSPS) is 16.9. The molecule has 4 rings (SSSR count). The molecule has 0 spiro atoms. The minimum atomic E-state index is -1.03. The molecule has 8 nitrogen and oxygen atoms in total. The van der Waals surface area contributed by atoms with Crippen molar-refractivity contribution in [2.75, 3.05) is 26.2 Å². The number of methoxy groups -OCH3 is 3. The van der Waals surface area contributed by atoms with Gasteiger partial charge in [0, 0.05) is 11.8 Å². The summed E-state index contributed by atoms with van der Waals surface area (Å²) in [5.41, 5.74) is 0.867. The molecule has 1 aliphatic heterocycles. The van der Waals surface area contributed by atoms with E-state index < -0.39 is 23.5 Å². The molecule has 0 aromatic heterocycles. The highest BCUT2D eigenvalue weighted by Crippen LogP contribution is 2.45. The Hall–Kier alpha value is -4.17. The van der Waals surface area contributed by atoms with Gasteiger partial charge in [-0.05, 0) is 54.1 Å². The van der Waals surface area contributed by atoms with Crippen molar-refractivity contribution in [1.29, 1.82) is 0 Å². The number of aliphatic hydroxyl groups is 1. The lowest BCUT2D eigenvalue weighted by Gasteiger charge is -2.26. The van der Waals surface area contributed by atoms with E-state index >= 15 is 0 Å². The molecule has 180 valence electrons. The van der Waals surface area contributed by atoms with Crippen molar-refractivity contribution < 1.29 is 34.0 Å². The van der Waals surface area contributed by atoms with Crippen LogP contribution in [0.15, 0.2) is 66.2 Å². The van der Waals surface area contributed by atoms with Crippen LogP contribution in [0.25, 0.3) is 5.76 Å². The lowest BCUT2D eigenvalue weighted by Crippen LogP contribution is -2.29. The van der Waals surface area contributed by atoms with Crippen LogP contribution >= 0.6 is 11.6 Å². The second-order valence-corrected chi connectivity index (χ2v) is 8.05. The van der Waals surface area contributed by atoms with E-state index in [4.69, 9.17) is 25.8 Å². The number of phenols is 1. The minimum Gasteiger partial charge on any atom is -0.507 e. The maximum Gasteiger partial charge on any atom is 0.300 e. The van der Waals surface area contributed by atoms with Gasteiger partial charge in [-0.1, -0.05) is 17.7 Å². The van der Waals surface area contributed by atoms with Crippen molar-refractivity contribution in [2.45, 2.75) is 6.04 Å². The molecule has 1 aliphatic rings. The Morgan fingerprint density at radius 3 is 2.14 bits per heavy atom. The third-order valence-corrected chi connectivity index (χ3v) is 6.05. The number of rotatable bonds is 6. The molecule has 0 bridgehead atoms. The van der Waals surface area contributed by atoms with E-state index in [9.17, 15) is 19.8 Å². The van der Waals surface area contributed by atoms with Crippen molar-refractivity contribution in [3.05, 3.63) is 82.4 Å². The molecule has 1 atom stereocenters. The summed E-state index contributed by atoms with van der Waals surface area (Å²) in [4.78, 5) is 27.8. The summed E-state index contributed by atoms with van der Waals surface area (Å²) in [6.07, 6.45) is 0. The number of anilines is 1. The Balaban J connectivity index is 1.96. The largest absolute Gasteiger partial charge is 0.507 e. The SMILES string of the molecule is COc1ccc(N2C(=O)C(=O)/C(=C(\O)c3ccc(OC)cc3OC)C2c2ccc(O)c(Cl)c2)cc1. The number of aromatic hydroxyl groups is 1. The van der Waals surface area contributed by atoms with E-state index in [2.05, 4.69) is 0 Å². The highest BCUT2D eigenvalue weighted by atomic mass is 35.5. The number of amides is 1. The maximum absolute atomic E-state index is 13.3. The van der Waals surface area contributed by atoms with Crippen molar-refractivity contribution in [3.8, 4) is 23.0 Å². The van der Waals surface area contributed by atoms with Gasteiger partial charge in [-0.3, -0.25) is 14.5 Å². The van der Waals surface area contributed by atoms with Crippen LogP contribution in [0.4, 0.5) is 5.69 Å². The van der Waals surface area contributed by atoms with Gasteiger partial charge in [0.15, 0.2) is 0 Å². The quantitative estimate of drug-likeness (QED) is 0.290. The zero-order valence-corrected chi connectivity index (χ0v) is 19.9. The van der Waals surface area contributed by atoms with Gasteiger partial charge >= 0.3 is 0 Å². The first-order valence-corrected chi connectivity index (χ1v) is 10.8. The van der Waals surface area contributed by atoms with E-state index in [-0.39, 0.29) is 27.7 Å². The van der Waals surface area contributed by atoms with Crippen LogP contribution in [0.3, 0.4) is 0 Å². The Labute approximate surface area is 206 Å². The van der Waals surface area contributed by atoms with Gasteiger partial charge in [0.1, 0.15) is 28.8 Å². The maximum atomic E-state index is 13.3. The van der Waals surface area contributed by atoms with Gasteiger partial charge in [-0.15, -0.1) is 0 Å². The summed E-state index contributed by atoms with van der Waals surface area (Å²) in [5.74, 6) is -0.998. The highest BCUT2D eigenvalue weighted by Gasteiger charge is 2.47. The number of halogens is 1. The fraction of sp³-hybridized carbons (Fsp3) is 0.154. The third kappa shape index (κ3) is 4.24. The van der Waals surface area contributed by atoms with Crippen LogP contribution in [-0.4, -0.2) is 43.2 Å². The van der Waals surface area contributed by atoms with Crippen molar-refractivity contribution in [2.24, 2.45) is 0 Å². The number of ketones is 1. The number of hydrogen-bond donors (Lipinski definition) is 2. The predicted octanol–water partition coefficient (Wildman–Crippen LogP) is 4.70. The number of hydrogen-bond acceptors (Lipinski definition) is 7. The second kappa shape index (κ2) is 9.60. The van der Waals surface area contributed by atoms with Gasteiger partial charge < -0.3 is 24.4 Å². The molecule has 9 heteroatoms. The molecule has 0 radical (unpaired) electrons. The van der Waals surface area contributed by atoms with Gasteiger partial charge in [0.25, 0.3) is 11.7 Å². The van der Waals surface area contributed by atoms with E-state index in [0.29, 0.717) is 22.7 Å². The molecule has 1 heterocycles. The number of carbonyl (C=O) groups is 2. The molecular weight excluding hydrogens is 474 g/mol. The van der Waals surface area contributed by atoms with Crippen molar-refractivity contribution in [3.63, 3.8) is 0 Å². The zero-order valence-electron chi connectivity index (χ0n) is 19.1. The first kappa shape index (κ1) is 24.0. The number of nitrogens with zero attached hydrogens (tertiary/aromatic N) is 1. The molecular formula is C26H22ClNO7. The number of aliphatic hydroxyl groups excluding tert-OH is 1. The molecule has 3 aromatic carbocycles. The molecule has 35 heavy (non-hydrogen) atoms. The summed E-state index contributed by atoms with van der Waals surface area (Å²) in [7, 11) is 4.42. The molecule has 0 aliphatic carbocycles. The third-order valence-electron chi connectivity index (χ3n) is 5.75. The van der Waals surface area contributed by atoms with Gasteiger partial charge in [0.2, 0.25) is 0 Å². The standard InChI is InChI=1S/C26H22ClNO7/c1-33-16-7-5-15(6-8-16)28-23(14-4-11-20(29)19(27)12-14)22(25(31)26(28)32)24(30)18-10-9-17(34-2)13-21(18)35-3/h4-13,23,29-30H,1-3H3/b24-22-. The van der Waals surface area contributed by atoms with Crippen LogP contribution in [-0.2, 0) is 9.59 Å². The van der Waals surface area contributed by atoms with E-state index in [1.54, 1.807) is 36.4 Å². The number of carbonyl (C=O) groups excluding carboxylic acids is 2. The number of ether oxygens (including phenoxy) is 3. The summed E-state index contributed by atoms with van der Waals surface area (Å²) in [6.45, 7) is 0. The monoisotopic (exact) mass is 495 g/mol. The summed E-state index contributed by atoms with van der Waals surface area (Å²) in [6, 6.07) is 14.6. The molecule has 1 saturated heterocycles.